The fraction of sp³-hybridized carbons (Fsp3) is 0.571. The van der Waals surface area contributed by atoms with Gasteiger partial charge in [-0.3, -0.25) is 4.90 Å². The van der Waals surface area contributed by atoms with Gasteiger partial charge >= 0.3 is 5.97 Å². The van der Waals surface area contributed by atoms with E-state index in [4.69, 9.17) is 10.5 Å². The van der Waals surface area contributed by atoms with E-state index in [2.05, 4.69) is 35.7 Å². The third-order valence-electron chi connectivity index (χ3n) is 3.91. The van der Waals surface area contributed by atoms with Gasteiger partial charge in [-0.25, -0.2) is 9.78 Å². The van der Waals surface area contributed by atoms with Gasteiger partial charge in [-0.1, -0.05) is 0 Å². The molecule has 20 heavy (non-hydrogen) atoms. The summed E-state index contributed by atoms with van der Waals surface area (Å²) >= 11 is 0. The van der Waals surface area contributed by atoms with E-state index in [1.54, 1.807) is 12.3 Å². The minimum atomic E-state index is -0.406. The van der Waals surface area contributed by atoms with Crippen LogP contribution in [0.3, 0.4) is 0 Å². The maximum absolute atomic E-state index is 11.9. The summed E-state index contributed by atoms with van der Waals surface area (Å²) in [7, 11) is 3.47. The van der Waals surface area contributed by atoms with Crippen molar-refractivity contribution in [3.05, 3.63) is 17.8 Å². The van der Waals surface area contributed by atoms with Crippen LogP contribution in [-0.4, -0.2) is 55.2 Å². The summed E-state index contributed by atoms with van der Waals surface area (Å²) in [4.78, 5) is 20.7. The van der Waals surface area contributed by atoms with Crippen LogP contribution in [0.1, 0.15) is 24.2 Å². The van der Waals surface area contributed by atoms with Crippen LogP contribution >= 0.6 is 0 Å². The number of nitrogens with zero attached hydrogens (tertiary/aromatic N) is 3. The molecule has 1 fully saturated rings. The molecule has 0 saturated carbocycles. The molecule has 0 aliphatic carbocycles. The number of carbonyl (C=O) groups is 1. The Hall–Kier alpha value is -1.82. The second-order valence-electron chi connectivity index (χ2n) is 5.79. The summed E-state index contributed by atoms with van der Waals surface area (Å²) in [6.07, 6.45) is 1.58. The second-order valence-corrected chi connectivity index (χ2v) is 5.79. The van der Waals surface area contributed by atoms with Gasteiger partial charge in [0, 0.05) is 25.2 Å². The van der Waals surface area contributed by atoms with Gasteiger partial charge in [0.2, 0.25) is 0 Å². The van der Waals surface area contributed by atoms with E-state index >= 15 is 0 Å². The Balaban J connectivity index is 2.35. The number of piperazine rings is 1. The number of rotatable bonds is 2. The van der Waals surface area contributed by atoms with Crippen LogP contribution in [0.4, 0.5) is 11.5 Å². The summed E-state index contributed by atoms with van der Waals surface area (Å²) in [6, 6.07) is 1.62. The van der Waals surface area contributed by atoms with Gasteiger partial charge in [-0.15, -0.1) is 0 Å². The minimum Gasteiger partial charge on any atom is -0.465 e. The highest BCUT2D eigenvalue weighted by molar-refractivity contribution is 5.95. The Morgan fingerprint density at radius 2 is 2.15 bits per heavy atom. The Labute approximate surface area is 119 Å². The Bertz CT molecular complexity index is 516. The SMILES string of the molecule is COC(=O)c1cc(N)cnc1N1CCN(C)C(C)(C)C1. The highest BCUT2D eigenvalue weighted by Gasteiger charge is 2.33. The zero-order chi connectivity index (χ0) is 14.9. The molecular formula is C14H22N4O2. The fourth-order valence-corrected chi connectivity index (χ4v) is 2.41. The minimum absolute atomic E-state index is 0.0225. The van der Waals surface area contributed by atoms with Crippen molar-refractivity contribution in [2.24, 2.45) is 0 Å². The van der Waals surface area contributed by atoms with Crippen molar-refractivity contribution in [3.63, 3.8) is 0 Å². The molecule has 0 bridgehead atoms. The first kappa shape index (κ1) is 14.6. The molecule has 6 heteroatoms. The standard InChI is InChI=1S/C14H22N4O2/c1-14(2)9-18(6-5-17(14)3)12-11(13(19)20-4)7-10(15)8-16-12/h7-8H,5-6,9,15H2,1-4H3. The number of anilines is 2. The highest BCUT2D eigenvalue weighted by atomic mass is 16.5. The van der Waals surface area contributed by atoms with Gasteiger partial charge in [0.1, 0.15) is 11.4 Å². The molecule has 1 aromatic rings. The van der Waals surface area contributed by atoms with Crippen LogP contribution in [0, 0.1) is 0 Å². The normalized spacial score (nSPS) is 18.9. The molecule has 0 amide bonds. The van der Waals surface area contributed by atoms with Crippen LogP contribution in [0.5, 0.6) is 0 Å². The quantitative estimate of drug-likeness (QED) is 0.813. The highest BCUT2D eigenvalue weighted by Crippen LogP contribution is 2.27. The van der Waals surface area contributed by atoms with Crippen molar-refractivity contribution < 1.29 is 9.53 Å². The summed E-state index contributed by atoms with van der Waals surface area (Å²) in [5.74, 6) is 0.240. The molecule has 0 atom stereocenters. The lowest BCUT2D eigenvalue weighted by molar-refractivity contribution is 0.0600. The van der Waals surface area contributed by atoms with Gasteiger partial charge in [-0.2, -0.15) is 0 Å². The molecule has 0 unspecified atom stereocenters. The molecular weight excluding hydrogens is 256 g/mol. The lowest BCUT2D eigenvalue weighted by atomic mass is 9.99. The van der Waals surface area contributed by atoms with Gasteiger partial charge < -0.3 is 15.4 Å². The molecule has 2 heterocycles. The summed E-state index contributed by atoms with van der Waals surface area (Å²) in [5, 5.41) is 0. The zero-order valence-electron chi connectivity index (χ0n) is 12.5. The third-order valence-corrected chi connectivity index (χ3v) is 3.91. The average Bonchev–Trinajstić information content (AvgIpc) is 2.41. The van der Waals surface area contributed by atoms with E-state index in [0.717, 1.165) is 19.6 Å². The van der Waals surface area contributed by atoms with E-state index in [1.807, 2.05) is 0 Å². The predicted octanol–water partition coefficient (Wildman–Crippen LogP) is 0.981. The van der Waals surface area contributed by atoms with Crippen molar-refractivity contribution in [3.8, 4) is 0 Å². The number of ether oxygens (including phenoxy) is 1. The van der Waals surface area contributed by atoms with Crippen molar-refractivity contribution in [2.45, 2.75) is 19.4 Å². The average molecular weight is 278 g/mol. The van der Waals surface area contributed by atoms with Crippen LogP contribution in [-0.2, 0) is 4.74 Å². The topological polar surface area (TPSA) is 71.7 Å². The van der Waals surface area contributed by atoms with Crippen LogP contribution in [0.15, 0.2) is 12.3 Å². The first-order chi connectivity index (χ1) is 9.35. The number of methoxy groups -OCH3 is 1. The van der Waals surface area contributed by atoms with E-state index in [1.165, 1.54) is 7.11 Å². The molecule has 1 aromatic heterocycles. The monoisotopic (exact) mass is 278 g/mol. The van der Waals surface area contributed by atoms with Crippen molar-refractivity contribution >= 4 is 17.5 Å². The van der Waals surface area contributed by atoms with Gasteiger partial charge in [-0.05, 0) is 27.0 Å². The van der Waals surface area contributed by atoms with Crippen molar-refractivity contribution in [1.82, 2.24) is 9.88 Å². The lowest BCUT2D eigenvalue weighted by Crippen LogP contribution is -2.58. The number of hydrogen-bond acceptors (Lipinski definition) is 6. The molecule has 2 rings (SSSR count). The molecule has 0 radical (unpaired) electrons. The first-order valence-corrected chi connectivity index (χ1v) is 6.65. The van der Waals surface area contributed by atoms with Gasteiger partial charge in [0.15, 0.2) is 0 Å². The number of likely N-dealkylation sites (N-methyl/N-ethyl adjacent to an activating group) is 1. The lowest BCUT2D eigenvalue weighted by Gasteiger charge is -2.46. The van der Waals surface area contributed by atoms with Gasteiger partial charge in [0.05, 0.1) is 19.0 Å². The fourth-order valence-electron chi connectivity index (χ4n) is 2.41. The van der Waals surface area contributed by atoms with Crippen LogP contribution in [0.2, 0.25) is 0 Å². The van der Waals surface area contributed by atoms with Crippen LogP contribution in [0.25, 0.3) is 0 Å². The third kappa shape index (κ3) is 2.70. The first-order valence-electron chi connectivity index (χ1n) is 6.65. The molecule has 110 valence electrons. The van der Waals surface area contributed by atoms with Crippen molar-refractivity contribution in [1.29, 1.82) is 0 Å². The number of esters is 1. The molecule has 0 spiro atoms. The summed E-state index contributed by atoms with van der Waals surface area (Å²) in [6.45, 7) is 6.88. The molecule has 1 aliphatic rings. The smallest absolute Gasteiger partial charge is 0.341 e. The van der Waals surface area contributed by atoms with E-state index in [9.17, 15) is 4.79 Å². The van der Waals surface area contributed by atoms with E-state index in [0.29, 0.717) is 17.1 Å². The maximum atomic E-state index is 11.9. The molecule has 1 saturated heterocycles. The summed E-state index contributed by atoms with van der Waals surface area (Å²) in [5.41, 5.74) is 6.63. The Morgan fingerprint density at radius 3 is 2.75 bits per heavy atom. The number of hydrogen-bond donors (Lipinski definition) is 1. The zero-order valence-corrected chi connectivity index (χ0v) is 12.5. The van der Waals surface area contributed by atoms with E-state index in [-0.39, 0.29) is 5.54 Å². The van der Waals surface area contributed by atoms with Gasteiger partial charge in [0.25, 0.3) is 0 Å². The Kier molecular flexibility index (Phi) is 3.85. The number of carbonyl (C=O) groups excluding carboxylic acids is 1. The molecule has 2 N–H and O–H groups in total. The van der Waals surface area contributed by atoms with E-state index < -0.39 is 5.97 Å². The Morgan fingerprint density at radius 1 is 1.45 bits per heavy atom. The maximum Gasteiger partial charge on any atom is 0.341 e. The number of aromatic nitrogens is 1. The summed E-state index contributed by atoms with van der Waals surface area (Å²) < 4.78 is 4.82. The molecule has 0 aromatic carbocycles. The van der Waals surface area contributed by atoms with Crippen LogP contribution < -0.4 is 10.6 Å². The second kappa shape index (κ2) is 5.28. The number of nitrogen functional groups attached to an aromatic ring is 1. The number of nitrogens with two attached hydrogens (primary N) is 1. The number of pyridine rings is 1. The predicted molar refractivity (Wildman–Crippen MR) is 78.9 cm³/mol. The molecule has 6 nitrogen and oxygen atoms in total. The largest absolute Gasteiger partial charge is 0.465 e. The molecule has 1 aliphatic heterocycles. The van der Waals surface area contributed by atoms with Crippen molar-refractivity contribution in [2.75, 3.05) is 44.4 Å².